The largest absolute Gasteiger partial charge is 0.309 e. The minimum atomic E-state index is 0.688. The maximum Gasteiger partial charge on any atom is 0.0998 e. The van der Waals surface area contributed by atoms with Gasteiger partial charge in [-0.05, 0) is 71.8 Å². The average Bonchev–Trinajstić information content (AvgIpc) is 3.54. The van der Waals surface area contributed by atoms with Gasteiger partial charge in [0.2, 0.25) is 0 Å². The Kier molecular flexibility index (Phi) is 4.89. The standard InChI is InChI=1S/C37H23N3/c38-24-26-11-9-19-34-36(26)31-23-25(21-22-33(31)40(34)28-14-5-2-6-15-28)29-17-10-20-35-37(29)30-16-7-8-18-32(30)39(35)27-12-3-1-4-13-27/h1-23H. The van der Waals surface area contributed by atoms with Crippen molar-refractivity contribution in [3.63, 3.8) is 0 Å². The lowest BCUT2D eigenvalue weighted by molar-refractivity contribution is 1.18. The molecule has 0 spiro atoms. The Morgan fingerprint density at radius 1 is 0.450 bits per heavy atom. The van der Waals surface area contributed by atoms with Crippen LogP contribution in [0.1, 0.15) is 5.56 Å². The van der Waals surface area contributed by atoms with Crippen molar-refractivity contribution >= 4 is 43.6 Å². The molecule has 186 valence electrons. The maximum atomic E-state index is 10.1. The van der Waals surface area contributed by atoms with E-state index >= 15 is 0 Å². The monoisotopic (exact) mass is 509 g/mol. The third-order valence-electron chi connectivity index (χ3n) is 7.95. The van der Waals surface area contributed by atoms with Crippen molar-refractivity contribution in [1.29, 1.82) is 5.26 Å². The molecule has 6 aromatic carbocycles. The molecule has 0 amide bonds. The lowest BCUT2D eigenvalue weighted by atomic mass is 9.97. The quantitative estimate of drug-likeness (QED) is 0.233. The Bertz CT molecular complexity index is 2260. The first kappa shape index (κ1) is 22.4. The topological polar surface area (TPSA) is 33.6 Å². The van der Waals surface area contributed by atoms with E-state index in [4.69, 9.17) is 0 Å². The van der Waals surface area contributed by atoms with Crippen LogP contribution >= 0.6 is 0 Å². The average molecular weight is 510 g/mol. The van der Waals surface area contributed by atoms with E-state index in [9.17, 15) is 5.26 Å². The summed E-state index contributed by atoms with van der Waals surface area (Å²) < 4.78 is 4.61. The van der Waals surface area contributed by atoms with Crippen LogP contribution in [0.4, 0.5) is 0 Å². The summed E-state index contributed by atoms with van der Waals surface area (Å²) in [4.78, 5) is 0. The molecule has 0 atom stereocenters. The molecule has 2 heterocycles. The van der Waals surface area contributed by atoms with E-state index in [1.165, 1.54) is 27.4 Å². The van der Waals surface area contributed by atoms with Gasteiger partial charge in [0, 0.05) is 32.9 Å². The van der Waals surface area contributed by atoms with Gasteiger partial charge < -0.3 is 9.13 Å². The predicted octanol–water partition coefficient (Wildman–Crippen LogP) is 9.42. The summed E-state index contributed by atoms with van der Waals surface area (Å²) in [5.74, 6) is 0. The van der Waals surface area contributed by atoms with Gasteiger partial charge >= 0.3 is 0 Å². The van der Waals surface area contributed by atoms with Crippen LogP contribution in [0.2, 0.25) is 0 Å². The number of fused-ring (bicyclic) bond motifs is 6. The number of para-hydroxylation sites is 3. The zero-order valence-corrected chi connectivity index (χ0v) is 21.6. The molecule has 40 heavy (non-hydrogen) atoms. The van der Waals surface area contributed by atoms with Crippen LogP contribution in [0.5, 0.6) is 0 Å². The summed E-state index contributed by atoms with van der Waals surface area (Å²) >= 11 is 0. The summed E-state index contributed by atoms with van der Waals surface area (Å²) in [6, 6.07) is 51.2. The molecule has 0 bridgehead atoms. The van der Waals surface area contributed by atoms with Crippen LogP contribution in [0.15, 0.2) is 140 Å². The molecule has 8 rings (SSSR count). The predicted molar refractivity (Wildman–Crippen MR) is 165 cm³/mol. The van der Waals surface area contributed by atoms with Crippen LogP contribution in [-0.2, 0) is 0 Å². The molecular weight excluding hydrogens is 486 g/mol. The molecule has 2 aromatic heterocycles. The zero-order valence-electron chi connectivity index (χ0n) is 21.6. The third kappa shape index (κ3) is 3.17. The molecule has 3 nitrogen and oxygen atoms in total. The highest BCUT2D eigenvalue weighted by Gasteiger charge is 2.19. The van der Waals surface area contributed by atoms with Crippen molar-refractivity contribution in [3.05, 3.63) is 145 Å². The number of hydrogen-bond donors (Lipinski definition) is 0. The summed E-state index contributed by atoms with van der Waals surface area (Å²) in [5.41, 5.74) is 9.72. The second-order valence-electron chi connectivity index (χ2n) is 10.1. The normalized spacial score (nSPS) is 11.5. The van der Waals surface area contributed by atoms with E-state index < -0.39 is 0 Å². The van der Waals surface area contributed by atoms with E-state index in [2.05, 4.69) is 137 Å². The minimum absolute atomic E-state index is 0.688. The Morgan fingerprint density at radius 3 is 1.73 bits per heavy atom. The summed E-state index contributed by atoms with van der Waals surface area (Å²) in [6.07, 6.45) is 0. The van der Waals surface area contributed by atoms with Crippen molar-refractivity contribution < 1.29 is 0 Å². The molecule has 0 aliphatic rings. The van der Waals surface area contributed by atoms with Crippen LogP contribution in [0, 0.1) is 11.3 Å². The SMILES string of the molecule is N#Cc1cccc2c1c1cc(-c3cccc4c3c3ccccc3n4-c3ccccc3)ccc1n2-c1ccccc1. The van der Waals surface area contributed by atoms with Crippen LogP contribution < -0.4 is 0 Å². The van der Waals surface area contributed by atoms with E-state index in [1.54, 1.807) is 0 Å². The van der Waals surface area contributed by atoms with Crippen molar-refractivity contribution in [2.75, 3.05) is 0 Å². The number of benzene rings is 6. The molecular formula is C37H23N3. The highest BCUT2D eigenvalue weighted by atomic mass is 15.0. The second-order valence-corrected chi connectivity index (χ2v) is 10.1. The fourth-order valence-electron chi connectivity index (χ4n) is 6.30. The Labute approximate surface area is 231 Å². The second kappa shape index (κ2) is 8.73. The molecule has 0 aliphatic carbocycles. The lowest BCUT2D eigenvalue weighted by Gasteiger charge is -2.10. The van der Waals surface area contributed by atoms with Gasteiger partial charge in [-0.25, -0.2) is 0 Å². The minimum Gasteiger partial charge on any atom is -0.309 e. The molecule has 0 unspecified atom stereocenters. The fraction of sp³-hybridized carbons (Fsp3) is 0. The summed E-state index contributed by atoms with van der Waals surface area (Å²) in [7, 11) is 0. The van der Waals surface area contributed by atoms with E-state index in [1.807, 2.05) is 18.2 Å². The van der Waals surface area contributed by atoms with Gasteiger partial charge in [0.25, 0.3) is 0 Å². The number of rotatable bonds is 3. The van der Waals surface area contributed by atoms with Crippen molar-refractivity contribution in [3.8, 4) is 28.6 Å². The smallest absolute Gasteiger partial charge is 0.0998 e. The maximum absolute atomic E-state index is 10.1. The highest BCUT2D eigenvalue weighted by Crippen LogP contribution is 2.41. The van der Waals surface area contributed by atoms with Crippen LogP contribution in [-0.4, -0.2) is 9.13 Å². The van der Waals surface area contributed by atoms with Gasteiger partial charge in [-0.3, -0.25) is 0 Å². The van der Waals surface area contributed by atoms with Crippen LogP contribution in [0.3, 0.4) is 0 Å². The van der Waals surface area contributed by atoms with Gasteiger partial charge in [0.1, 0.15) is 0 Å². The van der Waals surface area contributed by atoms with Gasteiger partial charge in [0.15, 0.2) is 0 Å². The molecule has 0 saturated carbocycles. The molecule has 0 saturated heterocycles. The van der Waals surface area contributed by atoms with E-state index in [-0.39, 0.29) is 0 Å². The summed E-state index contributed by atoms with van der Waals surface area (Å²) in [5, 5.41) is 14.6. The number of aromatic nitrogens is 2. The van der Waals surface area contributed by atoms with Gasteiger partial charge in [-0.1, -0.05) is 78.9 Å². The molecule has 0 aliphatic heterocycles. The van der Waals surface area contributed by atoms with Crippen molar-refractivity contribution in [2.24, 2.45) is 0 Å². The van der Waals surface area contributed by atoms with Gasteiger partial charge in [-0.2, -0.15) is 5.26 Å². The molecule has 8 aromatic rings. The Hall–Kier alpha value is -5.59. The zero-order chi connectivity index (χ0) is 26.6. The van der Waals surface area contributed by atoms with Gasteiger partial charge in [0.05, 0.1) is 33.7 Å². The van der Waals surface area contributed by atoms with Crippen LogP contribution in [0.25, 0.3) is 66.1 Å². The summed E-state index contributed by atoms with van der Waals surface area (Å²) in [6.45, 7) is 0. The van der Waals surface area contributed by atoms with Crippen molar-refractivity contribution in [1.82, 2.24) is 9.13 Å². The Balaban J connectivity index is 1.47. The first-order valence-electron chi connectivity index (χ1n) is 13.4. The number of nitrogens with zero attached hydrogens (tertiary/aromatic N) is 3. The third-order valence-corrected chi connectivity index (χ3v) is 7.95. The first-order chi connectivity index (χ1) is 19.8. The molecule has 0 fully saturated rings. The first-order valence-corrected chi connectivity index (χ1v) is 13.4. The highest BCUT2D eigenvalue weighted by molar-refractivity contribution is 6.18. The molecule has 0 radical (unpaired) electrons. The lowest BCUT2D eigenvalue weighted by Crippen LogP contribution is -1.93. The van der Waals surface area contributed by atoms with Gasteiger partial charge in [-0.15, -0.1) is 0 Å². The van der Waals surface area contributed by atoms with E-state index in [0.717, 1.165) is 38.7 Å². The number of nitriles is 1. The Morgan fingerprint density at radius 2 is 1.02 bits per heavy atom. The molecule has 0 N–H and O–H groups in total. The number of hydrogen-bond acceptors (Lipinski definition) is 1. The van der Waals surface area contributed by atoms with E-state index in [0.29, 0.717) is 5.56 Å². The van der Waals surface area contributed by atoms with Crippen molar-refractivity contribution in [2.45, 2.75) is 0 Å². The fourth-order valence-corrected chi connectivity index (χ4v) is 6.30. The molecule has 3 heteroatoms.